The van der Waals surface area contributed by atoms with Crippen molar-refractivity contribution in [2.24, 2.45) is 4.99 Å². The lowest BCUT2D eigenvalue weighted by Crippen LogP contribution is -2.47. The zero-order chi connectivity index (χ0) is 21.0. The number of hydrogen-bond acceptors (Lipinski definition) is 7. The molecular formula is C18H23F3N6O2. The van der Waals surface area contributed by atoms with E-state index in [1.54, 1.807) is 4.90 Å². The van der Waals surface area contributed by atoms with Crippen molar-refractivity contribution >= 4 is 24.0 Å². The van der Waals surface area contributed by atoms with Gasteiger partial charge in [0.25, 0.3) is 11.8 Å². The highest BCUT2D eigenvalue weighted by atomic mass is 19.4. The highest BCUT2D eigenvalue weighted by Gasteiger charge is 2.33. The number of anilines is 1. The van der Waals surface area contributed by atoms with E-state index in [-0.39, 0.29) is 11.9 Å². The molecule has 11 heteroatoms. The minimum Gasteiger partial charge on any atom is -0.338 e. The Balaban J connectivity index is 1.40. The van der Waals surface area contributed by atoms with Gasteiger partial charge in [0.1, 0.15) is 11.7 Å². The number of aliphatic imine (C=N–C) groups is 1. The molecule has 3 rings (SSSR count). The van der Waals surface area contributed by atoms with E-state index in [2.05, 4.69) is 19.9 Å². The smallest absolute Gasteiger partial charge is 0.338 e. The van der Waals surface area contributed by atoms with Crippen molar-refractivity contribution < 1.29 is 22.8 Å². The standard InChI is InChI=1S/C18H23F3N6O2/c1-25-15(28)12-23-13(16(25)29)4-2-3-7-26-8-10-27(11-9-26)17-22-6-5-14(24-17)18(19,20)21/h5-6,12-13H,2-4,7-11H2,1H3. The molecule has 0 radical (unpaired) electrons. The summed E-state index contributed by atoms with van der Waals surface area (Å²) >= 11 is 0. The van der Waals surface area contributed by atoms with E-state index in [9.17, 15) is 22.8 Å². The molecule has 1 saturated heterocycles. The highest BCUT2D eigenvalue weighted by molar-refractivity contribution is 6.31. The number of rotatable bonds is 6. The average molecular weight is 412 g/mol. The number of alkyl halides is 3. The summed E-state index contributed by atoms with van der Waals surface area (Å²) in [5.41, 5.74) is -0.933. The van der Waals surface area contributed by atoms with E-state index in [0.29, 0.717) is 32.6 Å². The van der Waals surface area contributed by atoms with Crippen molar-refractivity contribution in [3.63, 3.8) is 0 Å². The van der Waals surface area contributed by atoms with Crippen molar-refractivity contribution in [2.45, 2.75) is 31.5 Å². The Morgan fingerprint density at radius 1 is 1.14 bits per heavy atom. The lowest BCUT2D eigenvalue weighted by Gasteiger charge is -2.34. The molecule has 2 aliphatic heterocycles. The van der Waals surface area contributed by atoms with Crippen LogP contribution in [0.15, 0.2) is 17.3 Å². The maximum Gasteiger partial charge on any atom is 0.433 e. The summed E-state index contributed by atoms with van der Waals surface area (Å²) in [6, 6.07) is 0.377. The van der Waals surface area contributed by atoms with Gasteiger partial charge < -0.3 is 4.90 Å². The molecule has 1 aromatic heterocycles. The van der Waals surface area contributed by atoms with Crippen LogP contribution in [-0.4, -0.2) is 83.6 Å². The molecule has 0 bridgehead atoms. The van der Waals surface area contributed by atoms with E-state index in [1.807, 2.05) is 0 Å². The van der Waals surface area contributed by atoms with Gasteiger partial charge in [0.15, 0.2) is 0 Å². The van der Waals surface area contributed by atoms with Crippen LogP contribution < -0.4 is 4.90 Å². The van der Waals surface area contributed by atoms with Crippen molar-refractivity contribution in [2.75, 3.05) is 44.7 Å². The van der Waals surface area contributed by atoms with Gasteiger partial charge in [0.05, 0.1) is 6.21 Å². The zero-order valence-corrected chi connectivity index (χ0v) is 16.1. The van der Waals surface area contributed by atoms with Crippen molar-refractivity contribution in [1.29, 1.82) is 0 Å². The van der Waals surface area contributed by atoms with Gasteiger partial charge in [0.2, 0.25) is 5.95 Å². The van der Waals surface area contributed by atoms with Gasteiger partial charge in [0, 0.05) is 39.4 Å². The highest BCUT2D eigenvalue weighted by Crippen LogP contribution is 2.28. The number of imide groups is 1. The zero-order valence-electron chi connectivity index (χ0n) is 16.1. The second-order valence-electron chi connectivity index (χ2n) is 7.09. The molecule has 0 spiro atoms. The van der Waals surface area contributed by atoms with Crippen LogP contribution in [0.2, 0.25) is 0 Å². The summed E-state index contributed by atoms with van der Waals surface area (Å²) in [7, 11) is 1.45. The van der Waals surface area contributed by atoms with Crippen LogP contribution in [0.1, 0.15) is 25.0 Å². The Bertz CT molecular complexity index is 777. The van der Waals surface area contributed by atoms with Crippen LogP contribution in [0.4, 0.5) is 19.1 Å². The van der Waals surface area contributed by atoms with Gasteiger partial charge in [-0.05, 0) is 31.9 Å². The number of aromatic nitrogens is 2. The van der Waals surface area contributed by atoms with Crippen LogP contribution in [0.3, 0.4) is 0 Å². The van der Waals surface area contributed by atoms with Gasteiger partial charge in [-0.3, -0.25) is 24.4 Å². The van der Waals surface area contributed by atoms with Crippen LogP contribution in [0.25, 0.3) is 0 Å². The van der Waals surface area contributed by atoms with E-state index in [0.717, 1.165) is 36.5 Å². The van der Waals surface area contributed by atoms with E-state index in [4.69, 9.17) is 0 Å². The molecule has 158 valence electrons. The van der Waals surface area contributed by atoms with Crippen LogP contribution in [-0.2, 0) is 15.8 Å². The minimum atomic E-state index is -4.48. The normalized spacial score (nSPS) is 21.2. The number of piperazine rings is 1. The summed E-state index contributed by atoms with van der Waals surface area (Å²) in [5.74, 6) is -0.562. The lowest BCUT2D eigenvalue weighted by atomic mass is 10.1. The molecule has 1 unspecified atom stereocenters. The Hall–Kier alpha value is -2.56. The Morgan fingerprint density at radius 3 is 2.55 bits per heavy atom. The monoisotopic (exact) mass is 412 g/mol. The molecule has 0 N–H and O–H groups in total. The predicted octanol–water partition coefficient (Wildman–Crippen LogP) is 1.23. The molecule has 1 atom stereocenters. The third-order valence-electron chi connectivity index (χ3n) is 5.10. The molecule has 2 amide bonds. The quantitative estimate of drug-likeness (QED) is 0.516. The second-order valence-corrected chi connectivity index (χ2v) is 7.09. The fourth-order valence-electron chi connectivity index (χ4n) is 3.34. The number of likely N-dealkylation sites (N-methyl/N-ethyl adjacent to an activating group) is 1. The molecule has 3 heterocycles. The molecule has 29 heavy (non-hydrogen) atoms. The first-order valence-electron chi connectivity index (χ1n) is 9.48. The average Bonchev–Trinajstić information content (AvgIpc) is 2.71. The van der Waals surface area contributed by atoms with E-state index in [1.165, 1.54) is 13.3 Å². The van der Waals surface area contributed by atoms with E-state index < -0.39 is 23.8 Å². The SMILES string of the molecule is CN1C(=O)C=NC(CCCCN2CCN(c3nccc(C(F)(F)F)n3)CC2)C1=O. The van der Waals surface area contributed by atoms with Crippen LogP contribution in [0.5, 0.6) is 0 Å². The largest absolute Gasteiger partial charge is 0.433 e. The summed E-state index contributed by atoms with van der Waals surface area (Å²) in [6.07, 6.45) is 0.110. The molecule has 8 nitrogen and oxygen atoms in total. The fourth-order valence-corrected chi connectivity index (χ4v) is 3.34. The Morgan fingerprint density at radius 2 is 1.86 bits per heavy atom. The summed E-state index contributed by atoms with van der Waals surface area (Å²) in [5, 5.41) is 0. The molecule has 1 fully saturated rings. The molecular weight excluding hydrogens is 389 g/mol. The number of hydrogen-bond donors (Lipinski definition) is 0. The van der Waals surface area contributed by atoms with Crippen LogP contribution in [0, 0.1) is 0 Å². The van der Waals surface area contributed by atoms with Crippen molar-refractivity contribution in [3.05, 3.63) is 18.0 Å². The Labute approximate surface area is 166 Å². The summed E-state index contributed by atoms with van der Waals surface area (Å²) in [4.78, 5) is 40.0. The van der Waals surface area contributed by atoms with Gasteiger partial charge in [-0.15, -0.1) is 0 Å². The molecule has 0 saturated carbocycles. The first-order valence-corrected chi connectivity index (χ1v) is 9.48. The number of halogens is 3. The van der Waals surface area contributed by atoms with E-state index >= 15 is 0 Å². The first kappa shape index (κ1) is 21.2. The summed E-state index contributed by atoms with van der Waals surface area (Å²) < 4.78 is 38.4. The fraction of sp³-hybridized carbons (Fsp3) is 0.611. The number of unbranched alkanes of at least 4 members (excludes halogenated alkanes) is 1. The van der Waals surface area contributed by atoms with Crippen molar-refractivity contribution in [3.8, 4) is 0 Å². The van der Waals surface area contributed by atoms with Gasteiger partial charge >= 0.3 is 6.18 Å². The lowest BCUT2D eigenvalue weighted by molar-refractivity contribution is -0.142. The minimum absolute atomic E-state index is 0.104. The van der Waals surface area contributed by atoms with Gasteiger partial charge in [-0.25, -0.2) is 9.97 Å². The van der Waals surface area contributed by atoms with Crippen LogP contribution >= 0.6 is 0 Å². The predicted molar refractivity (Wildman–Crippen MR) is 99.6 cm³/mol. The maximum absolute atomic E-state index is 12.8. The second kappa shape index (κ2) is 8.85. The van der Waals surface area contributed by atoms with Crippen molar-refractivity contribution in [1.82, 2.24) is 19.8 Å². The molecule has 2 aliphatic rings. The molecule has 0 aliphatic carbocycles. The summed E-state index contributed by atoms with van der Waals surface area (Å²) in [6.45, 7) is 3.35. The maximum atomic E-state index is 12.8. The topological polar surface area (TPSA) is 82.0 Å². The molecule has 1 aromatic rings. The Kier molecular flexibility index (Phi) is 6.46. The first-order chi connectivity index (χ1) is 13.8. The number of carbonyl (C=O) groups excluding carboxylic acids is 2. The van der Waals surface area contributed by atoms with Gasteiger partial charge in [-0.2, -0.15) is 13.2 Å². The number of nitrogens with zero attached hydrogens (tertiary/aromatic N) is 6. The third-order valence-corrected chi connectivity index (χ3v) is 5.10. The third kappa shape index (κ3) is 5.28. The number of carbonyl (C=O) groups is 2. The number of amides is 2. The molecule has 0 aromatic carbocycles. The van der Waals surface area contributed by atoms with Gasteiger partial charge in [-0.1, -0.05) is 0 Å².